The maximum atomic E-state index is 13.1. The van der Waals surface area contributed by atoms with Crippen LogP contribution in [0.3, 0.4) is 0 Å². The Labute approximate surface area is 135 Å². The largest absolute Gasteiger partial charge is 0.294 e. The number of carbonyl (C=O) groups is 1. The summed E-state index contributed by atoms with van der Waals surface area (Å²) in [6.45, 7) is 0. The van der Waals surface area contributed by atoms with Gasteiger partial charge in [0.15, 0.2) is 5.78 Å². The summed E-state index contributed by atoms with van der Waals surface area (Å²) in [6, 6.07) is 13.8. The van der Waals surface area contributed by atoms with Gasteiger partial charge in [0.25, 0.3) is 0 Å². The monoisotopic (exact) mass is 391 g/mol. The van der Waals surface area contributed by atoms with Crippen LogP contribution in [0.15, 0.2) is 54.7 Å². The molecule has 104 valence electrons. The number of benzene rings is 2. The first kappa shape index (κ1) is 14.1. The number of pyridine rings is 1. The van der Waals surface area contributed by atoms with E-state index in [1.54, 1.807) is 12.3 Å². The molecule has 4 heteroatoms. The molecule has 0 aliphatic rings. The Hall–Kier alpha value is -1.82. The molecule has 0 fully saturated rings. The first-order valence-electron chi connectivity index (χ1n) is 6.46. The molecule has 1 heterocycles. The van der Waals surface area contributed by atoms with Gasteiger partial charge in [0.1, 0.15) is 5.82 Å². The maximum absolute atomic E-state index is 13.1. The van der Waals surface area contributed by atoms with Gasteiger partial charge in [-0.2, -0.15) is 0 Å². The second kappa shape index (κ2) is 5.89. The summed E-state index contributed by atoms with van der Waals surface area (Å²) in [5, 5.41) is 0.977. The first-order valence-corrected chi connectivity index (χ1v) is 7.54. The van der Waals surface area contributed by atoms with Crippen LogP contribution >= 0.6 is 22.6 Å². The fourth-order valence-corrected chi connectivity index (χ4v) is 3.07. The lowest BCUT2D eigenvalue weighted by Gasteiger charge is -2.07. The summed E-state index contributed by atoms with van der Waals surface area (Å²) in [5.41, 5.74) is 2.36. The summed E-state index contributed by atoms with van der Waals surface area (Å²) in [6.07, 6.45) is 1.99. The number of hydrogen-bond donors (Lipinski definition) is 0. The van der Waals surface area contributed by atoms with Gasteiger partial charge in [-0.15, -0.1) is 0 Å². The summed E-state index contributed by atoms with van der Waals surface area (Å²) in [5.74, 6) is -0.346. The molecule has 1 aromatic heterocycles. The first-order chi connectivity index (χ1) is 10.1. The van der Waals surface area contributed by atoms with E-state index in [0.29, 0.717) is 9.13 Å². The Morgan fingerprint density at radius 3 is 2.76 bits per heavy atom. The molecule has 0 radical (unpaired) electrons. The van der Waals surface area contributed by atoms with E-state index in [9.17, 15) is 9.18 Å². The number of carbonyl (C=O) groups excluding carboxylic acids is 1. The van der Waals surface area contributed by atoms with Crippen LogP contribution in [-0.2, 0) is 6.42 Å². The number of nitrogens with zero attached hydrogens (tertiary/aromatic N) is 1. The molecule has 0 unspecified atom stereocenters. The summed E-state index contributed by atoms with van der Waals surface area (Å²) in [4.78, 5) is 16.7. The van der Waals surface area contributed by atoms with Crippen molar-refractivity contribution in [2.45, 2.75) is 6.42 Å². The molecule has 0 amide bonds. The van der Waals surface area contributed by atoms with Crippen LogP contribution in [0.5, 0.6) is 0 Å². The molecule has 0 aliphatic heterocycles. The van der Waals surface area contributed by atoms with Crippen LogP contribution in [0.4, 0.5) is 4.39 Å². The Morgan fingerprint density at radius 2 is 1.95 bits per heavy atom. The highest BCUT2D eigenvalue weighted by Crippen LogP contribution is 2.20. The van der Waals surface area contributed by atoms with Gasteiger partial charge in [-0.05, 0) is 58.5 Å². The van der Waals surface area contributed by atoms with Crippen LogP contribution in [0.25, 0.3) is 10.9 Å². The minimum absolute atomic E-state index is 0.0178. The zero-order chi connectivity index (χ0) is 14.8. The van der Waals surface area contributed by atoms with Gasteiger partial charge in [0.2, 0.25) is 0 Å². The average Bonchev–Trinajstić information content (AvgIpc) is 2.47. The van der Waals surface area contributed by atoms with Crippen molar-refractivity contribution in [1.29, 1.82) is 0 Å². The van der Waals surface area contributed by atoms with Crippen molar-refractivity contribution < 1.29 is 9.18 Å². The molecule has 0 bridgehead atoms. The lowest BCUT2D eigenvalue weighted by Crippen LogP contribution is -2.06. The Kier molecular flexibility index (Phi) is 3.96. The highest BCUT2D eigenvalue weighted by Gasteiger charge is 2.13. The zero-order valence-electron chi connectivity index (χ0n) is 11.0. The van der Waals surface area contributed by atoms with Crippen LogP contribution in [0.2, 0.25) is 0 Å². The van der Waals surface area contributed by atoms with E-state index in [0.717, 1.165) is 16.5 Å². The van der Waals surface area contributed by atoms with E-state index in [1.807, 2.05) is 52.9 Å². The number of hydrogen-bond acceptors (Lipinski definition) is 2. The number of rotatable bonds is 3. The summed E-state index contributed by atoms with van der Waals surface area (Å²) in [7, 11) is 0. The van der Waals surface area contributed by atoms with Crippen molar-refractivity contribution >= 4 is 39.3 Å². The average molecular weight is 391 g/mol. The molecule has 2 aromatic carbocycles. The Balaban J connectivity index is 1.97. The van der Waals surface area contributed by atoms with Gasteiger partial charge in [-0.25, -0.2) is 4.39 Å². The summed E-state index contributed by atoms with van der Waals surface area (Å²) < 4.78 is 13.8. The van der Waals surface area contributed by atoms with Crippen molar-refractivity contribution in [3.8, 4) is 0 Å². The van der Waals surface area contributed by atoms with E-state index in [1.165, 1.54) is 12.1 Å². The number of para-hydroxylation sites is 1. The van der Waals surface area contributed by atoms with Gasteiger partial charge >= 0.3 is 0 Å². The van der Waals surface area contributed by atoms with Crippen molar-refractivity contribution in [3.05, 3.63) is 75.2 Å². The van der Waals surface area contributed by atoms with E-state index in [-0.39, 0.29) is 18.0 Å². The molecule has 2 nitrogen and oxygen atoms in total. The molecule has 3 aromatic rings. The smallest absolute Gasteiger partial charge is 0.168 e. The molecule has 3 rings (SSSR count). The van der Waals surface area contributed by atoms with Crippen LogP contribution in [-0.4, -0.2) is 10.8 Å². The highest BCUT2D eigenvalue weighted by molar-refractivity contribution is 14.1. The predicted molar refractivity (Wildman–Crippen MR) is 88.9 cm³/mol. The normalized spacial score (nSPS) is 10.8. The van der Waals surface area contributed by atoms with Crippen molar-refractivity contribution in [1.82, 2.24) is 4.98 Å². The number of ketones is 1. The SMILES string of the molecule is O=C(Cc1ccnc2ccccc12)c1ccc(F)cc1I. The molecular weight excluding hydrogens is 380 g/mol. The minimum Gasteiger partial charge on any atom is -0.294 e. The van der Waals surface area contributed by atoms with Gasteiger partial charge in [0.05, 0.1) is 5.52 Å². The van der Waals surface area contributed by atoms with Crippen molar-refractivity contribution in [3.63, 3.8) is 0 Å². The lowest BCUT2D eigenvalue weighted by atomic mass is 10.00. The summed E-state index contributed by atoms with van der Waals surface area (Å²) >= 11 is 1.99. The highest BCUT2D eigenvalue weighted by atomic mass is 127. The number of fused-ring (bicyclic) bond motifs is 1. The molecule has 0 atom stereocenters. The molecule has 21 heavy (non-hydrogen) atoms. The van der Waals surface area contributed by atoms with Gasteiger partial charge in [-0.3, -0.25) is 9.78 Å². The third-order valence-electron chi connectivity index (χ3n) is 3.32. The molecule has 0 N–H and O–H groups in total. The zero-order valence-corrected chi connectivity index (χ0v) is 13.2. The molecule has 0 saturated heterocycles. The fraction of sp³-hybridized carbons (Fsp3) is 0.0588. The van der Waals surface area contributed by atoms with E-state index in [2.05, 4.69) is 4.98 Å². The maximum Gasteiger partial charge on any atom is 0.168 e. The number of halogens is 2. The Bertz CT molecular complexity index is 827. The second-order valence-electron chi connectivity index (χ2n) is 4.71. The van der Waals surface area contributed by atoms with Crippen molar-refractivity contribution in [2.75, 3.05) is 0 Å². The molecule has 0 saturated carbocycles. The van der Waals surface area contributed by atoms with Crippen LogP contribution in [0.1, 0.15) is 15.9 Å². The topological polar surface area (TPSA) is 30.0 Å². The van der Waals surface area contributed by atoms with Crippen LogP contribution < -0.4 is 0 Å². The third kappa shape index (κ3) is 2.95. The molecule has 0 aliphatic carbocycles. The number of Topliss-reactive ketones (excluding diaryl/α,β-unsaturated/α-hetero) is 1. The van der Waals surface area contributed by atoms with Gasteiger partial charge in [-0.1, -0.05) is 18.2 Å². The van der Waals surface area contributed by atoms with Gasteiger partial charge < -0.3 is 0 Å². The number of aromatic nitrogens is 1. The third-order valence-corrected chi connectivity index (χ3v) is 4.21. The Morgan fingerprint density at radius 1 is 1.14 bits per heavy atom. The standard InChI is InChI=1S/C17H11FINO/c18-12-5-6-14(15(19)10-12)17(21)9-11-7-8-20-16-4-2-1-3-13(11)16/h1-8,10H,9H2. The van der Waals surface area contributed by atoms with E-state index in [4.69, 9.17) is 0 Å². The van der Waals surface area contributed by atoms with Crippen molar-refractivity contribution in [2.24, 2.45) is 0 Å². The predicted octanol–water partition coefficient (Wildman–Crippen LogP) is 4.40. The lowest BCUT2D eigenvalue weighted by molar-refractivity contribution is 0.0992. The van der Waals surface area contributed by atoms with Crippen LogP contribution in [0, 0.1) is 9.39 Å². The fourth-order valence-electron chi connectivity index (χ4n) is 2.29. The second-order valence-corrected chi connectivity index (χ2v) is 5.87. The quantitative estimate of drug-likeness (QED) is 0.489. The molecule has 0 spiro atoms. The van der Waals surface area contributed by atoms with Gasteiger partial charge in [0, 0.05) is 27.1 Å². The minimum atomic E-state index is -0.328. The van der Waals surface area contributed by atoms with E-state index >= 15 is 0 Å². The van der Waals surface area contributed by atoms with E-state index < -0.39 is 0 Å². The molecular formula is C17H11FINO.